The SMILES string of the molecule is Cc1cc(C)cc(CC(Cc2cccnc2)NN)c1. The van der Waals surface area contributed by atoms with Crippen molar-refractivity contribution in [2.75, 3.05) is 0 Å². The standard InChI is InChI=1S/C16H21N3/c1-12-6-13(2)8-15(7-12)10-16(19-17)9-14-4-3-5-18-11-14/h3-8,11,16,19H,9-10,17H2,1-2H3. The smallest absolute Gasteiger partial charge is 0.0300 e. The van der Waals surface area contributed by atoms with Crippen LogP contribution in [0.15, 0.2) is 42.7 Å². The molecule has 1 unspecified atom stereocenters. The molecule has 0 radical (unpaired) electrons. The first-order chi connectivity index (χ1) is 9.17. The first kappa shape index (κ1) is 13.7. The van der Waals surface area contributed by atoms with E-state index in [1.807, 2.05) is 12.3 Å². The lowest BCUT2D eigenvalue weighted by molar-refractivity contribution is 0.522. The molecule has 0 saturated carbocycles. The summed E-state index contributed by atoms with van der Waals surface area (Å²) < 4.78 is 0. The number of aryl methyl sites for hydroxylation is 2. The Labute approximate surface area is 114 Å². The van der Waals surface area contributed by atoms with Gasteiger partial charge in [-0.2, -0.15) is 0 Å². The van der Waals surface area contributed by atoms with Gasteiger partial charge in [0.25, 0.3) is 0 Å². The first-order valence-electron chi connectivity index (χ1n) is 6.59. The Morgan fingerprint density at radius 1 is 1.11 bits per heavy atom. The molecule has 1 atom stereocenters. The first-order valence-corrected chi connectivity index (χ1v) is 6.59. The minimum Gasteiger partial charge on any atom is -0.271 e. The maximum absolute atomic E-state index is 5.67. The van der Waals surface area contributed by atoms with Crippen LogP contribution in [0, 0.1) is 13.8 Å². The second-order valence-corrected chi connectivity index (χ2v) is 5.13. The molecule has 0 saturated heterocycles. The van der Waals surface area contributed by atoms with Crippen molar-refractivity contribution in [3.63, 3.8) is 0 Å². The second kappa shape index (κ2) is 6.45. The minimum atomic E-state index is 0.227. The molecule has 1 aromatic carbocycles. The van der Waals surface area contributed by atoms with E-state index in [9.17, 15) is 0 Å². The number of hydrogen-bond acceptors (Lipinski definition) is 3. The molecule has 100 valence electrons. The van der Waals surface area contributed by atoms with Gasteiger partial charge in [0.15, 0.2) is 0 Å². The van der Waals surface area contributed by atoms with Gasteiger partial charge in [-0.25, -0.2) is 0 Å². The number of rotatable bonds is 5. The topological polar surface area (TPSA) is 50.9 Å². The van der Waals surface area contributed by atoms with E-state index in [4.69, 9.17) is 5.84 Å². The summed E-state index contributed by atoms with van der Waals surface area (Å²) in [5.41, 5.74) is 8.03. The number of hydrogen-bond donors (Lipinski definition) is 2. The van der Waals surface area contributed by atoms with Crippen LogP contribution in [0.2, 0.25) is 0 Å². The highest BCUT2D eigenvalue weighted by atomic mass is 15.2. The minimum absolute atomic E-state index is 0.227. The number of nitrogens with two attached hydrogens (primary N) is 1. The van der Waals surface area contributed by atoms with Crippen LogP contribution >= 0.6 is 0 Å². The monoisotopic (exact) mass is 255 g/mol. The van der Waals surface area contributed by atoms with Crippen LogP contribution in [-0.2, 0) is 12.8 Å². The van der Waals surface area contributed by atoms with Crippen molar-refractivity contribution in [2.24, 2.45) is 5.84 Å². The molecule has 1 aromatic heterocycles. The van der Waals surface area contributed by atoms with Crippen molar-refractivity contribution in [3.8, 4) is 0 Å². The third-order valence-electron chi connectivity index (χ3n) is 3.20. The number of nitrogens with zero attached hydrogens (tertiary/aromatic N) is 1. The van der Waals surface area contributed by atoms with Crippen molar-refractivity contribution >= 4 is 0 Å². The molecule has 0 spiro atoms. The molecule has 0 aliphatic heterocycles. The van der Waals surface area contributed by atoms with Gasteiger partial charge in [0, 0.05) is 18.4 Å². The Hall–Kier alpha value is -1.71. The zero-order valence-electron chi connectivity index (χ0n) is 11.6. The summed E-state index contributed by atoms with van der Waals surface area (Å²) in [6.07, 6.45) is 5.50. The summed E-state index contributed by atoms with van der Waals surface area (Å²) in [5, 5.41) is 0. The maximum atomic E-state index is 5.67. The highest BCUT2D eigenvalue weighted by Crippen LogP contribution is 2.12. The van der Waals surface area contributed by atoms with Crippen molar-refractivity contribution in [2.45, 2.75) is 32.7 Å². The number of aromatic nitrogens is 1. The average molecular weight is 255 g/mol. The number of hydrazine groups is 1. The fourth-order valence-corrected chi connectivity index (χ4v) is 2.46. The van der Waals surface area contributed by atoms with Crippen molar-refractivity contribution in [1.29, 1.82) is 0 Å². The van der Waals surface area contributed by atoms with Crippen LogP contribution in [0.1, 0.15) is 22.3 Å². The fraction of sp³-hybridized carbons (Fsp3) is 0.312. The van der Waals surface area contributed by atoms with Crippen LogP contribution in [0.25, 0.3) is 0 Å². The summed E-state index contributed by atoms with van der Waals surface area (Å²) in [5.74, 6) is 5.67. The Bertz CT molecular complexity index is 503. The molecule has 2 aromatic rings. The van der Waals surface area contributed by atoms with Gasteiger partial charge in [-0.05, 0) is 43.9 Å². The molecule has 3 N–H and O–H groups in total. The summed E-state index contributed by atoms with van der Waals surface area (Å²) in [4.78, 5) is 4.14. The van der Waals surface area contributed by atoms with E-state index >= 15 is 0 Å². The molecule has 0 aliphatic rings. The van der Waals surface area contributed by atoms with E-state index in [1.54, 1.807) is 6.20 Å². The van der Waals surface area contributed by atoms with Crippen LogP contribution in [-0.4, -0.2) is 11.0 Å². The van der Waals surface area contributed by atoms with Crippen LogP contribution < -0.4 is 11.3 Å². The highest BCUT2D eigenvalue weighted by molar-refractivity contribution is 5.29. The zero-order valence-corrected chi connectivity index (χ0v) is 11.6. The van der Waals surface area contributed by atoms with Crippen LogP contribution in [0.5, 0.6) is 0 Å². The average Bonchev–Trinajstić information content (AvgIpc) is 2.38. The molecular formula is C16H21N3. The van der Waals surface area contributed by atoms with Gasteiger partial charge in [0.2, 0.25) is 0 Å². The maximum Gasteiger partial charge on any atom is 0.0300 e. The fourth-order valence-electron chi connectivity index (χ4n) is 2.46. The number of pyridine rings is 1. The van der Waals surface area contributed by atoms with Crippen molar-refractivity contribution < 1.29 is 0 Å². The third kappa shape index (κ3) is 4.16. The third-order valence-corrected chi connectivity index (χ3v) is 3.20. The Balaban J connectivity index is 2.06. The van der Waals surface area contributed by atoms with Gasteiger partial charge in [-0.1, -0.05) is 35.4 Å². The molecule has 1 heterocycles. The molecule has 0 amide bonds. The summed E-state index contributed by atoms with van der Waals surface area (Å²) in [7, 11) is 0. The second-order valence-electron chi connectivity index (χ2n) is 5.13. The molecule has 3 heteroatoms. The molecule has 0 fully saturated rings. The van der Waals surface area contributed by atoms with Crippen LogP contribution in [0.3, 0.4) is 0 Å². The highest BCUT2D eigenvalue weighted by Gasteiger charge is 2.09. The van der Waals surface area contributed by atoms with Gasteiger partial charge in [-0.3, -0.25) is 16.3 Å². The number of nitrogens with one attached hydrogen (secondary N) is 1. The largest absolute Gasteiger partial charge is 0.271 e. The van der Waals surface area contributed by atoms with E-state index in [-0.39, 0.29) is 6.04 Å². The molecule has 2 rings (SSSR count). The molecule has 0 aliphatic carbocycles. The molecule has 3 nitrogen and oxygen atoms in total. The van der Waals surface area contributed by atoms with Crippen molar-refractivity contribution in [3.05, 3.63) is 65.0 Å². The summed E-state index contributed by atoms with van der Waals surface area (Å²) in [6.45, 7) is 4.25. The molecule has 0 bridgehead atoms. The summed E-state index contributed by atoms with van der Waals surface area (Å²) in [6, 6.07) is 10.9. The van der Waals surface area contributed by atoms with E-state index in [0.717, 1.165) is 12.8 Å². The van der Waals surface area contributed by atoms with E-state index in [1.165, 1.54) is 22.3 Å². The van der Waals surface area contributed by atoms with E-state index in [0.29, 0.717) is 0 Å². The quantitative estimate of drug-likeness (QED) is 0.637. The van der Waals surface area contributed by atoms with Gasteiger partial charge >= 0.3 is 0 Å². The lowest BCUT2D eigenvalue weighted by atomic mass is 9.98. The number of benzene rings is 1. The van der Waals surface area contributed by atoms with E-state index < -0.39 is 0 Å². The van der Waals surface area contributed by atoms with Gasteiger partial charge in [-0.15, -0.1) is 0 Å². The Morgan fingerprint density at radius 3 is 2.37 bits per heavy atom. The molecular weight excluding hydrogens is 234 g/mol. The zero-order chi connectivity index (χ0) is 13.7. The lowest BCUT2D eigenvalue weighted by Crippen LogP contribution is -2.38. The van der Waals surface area contributed by atoms with Gasteiger partial charge < -0.3 is 0 Å². The van der Waals surface area contributed by atoms with Crippen LogP contribution in [0.4, 0.5) is 0 Å². The van der Waals surface area contributed by atoms with Gasteiger partial charge in [0.05, 0.1) is 0 Å². The molecule has 19 heavy (non-hydrogen) atoms. The Kier molecular flexibility index (Phi) is 4.66. The Morgan fingerprint density at radius 2 is 1.79 bits per heavy atom. The van der Waals surface area contributed by atoms with Crippen molar-refractivity contribution in [1.82, 2.24) is 10.4 Å². The normalized spacial score (nSPS) is 12.4. The predicted octanol–water partition coefficient (Wildman–Crippen LogP) is 2.32. The summed E-state index contributed by atoms with van der Waals surface area (Å²) >= 11 is 0. The van der Waals surface area contributed by atoms with Gasteiger partial charge in [0.1, 0.15) is 0 Å². The van der Waals surface area contributed by atoms with E-state index in [2.05, 4.69) is 48.5 Å². The lowest BCUT2D eigenvalue weighted by Gasteiger charge is -2.16. The predicted molar refractivity (Wildman–Crippen MR) is 78.7 cm³/mol.